The van der Waals surface area contributed by atoms with E-state index in [-0.39, 0.29) is 79.2 Å². The Morgan fingerprint density at radius 1 is 0.810 bits per heavy atom. The van der Waals surface area contributed by atoms with E-state index in [4.69, 9.17) is 37.9 Å². The van der Waals surface area contributed by atoms with Gasteiger partial charge in [-0.15, -0.1) is 0 Å². The molecular formula is C43H58N2O17S. The number of thiol groups is 1. The van der Waals surface area contributed by atoms with Gasteiger partial charge in [-0.2, -0.15) is 12.6 Å². The molecule has 1 saturated heterocycles. The largest absolute Gasteiger partial charge is 0.507 e. The first-order valence-electron chi connectivity index (χ1n) is 21.0. The van der Waals surface area contributed by atoms with Crippen LogP contribution in [0.5, 0.6) is 17.2 Å². The summed E-state index contributed by atoms with van der Waals surface area (Å²) in [4.78, 5) is 66.0. The molecule has 19 nitrogen and oxygen atoms in total. The van der Waals surface area contributed by atoms with Crippen LogP contribution in [0.15, 0.2) is 18.2 Å². The Kier molecular flexibility index (Phi) is 19.5. The number of ether oxygens (including phenoxy) is 8. The van der Waals surface area contributed by atoms with Crippen LogP contribution in [-0.4, -0.2) is 166 Å². The van der Waals surface area contributed by atoms with Gasteiger partial charge in [0.25, 0.3) is 0 Å². The number of aliphatic hydroxyl groups is 2. The maximum atomic E-state index is 13.9. The Morgan fingerprint density at radius 2 is 1.41 bits per heavy atom. The first kappa shape index (κ1) is 49.8. The fourth-order valence-electron chi connectivity index (χ4n) is 7.74. The normalized spacial score (nSPS) is 21.6. The second-order valence-corrected chi connectivity index (χ2v) is 15.5. The highest BCUT2D eigenvalue weighted by Gasteiger charge is 2.45. The van der Waals surface area contributed by atoms with Crippen molar-refractivity contribution in [1.82, 2.24) is 10.6 Å². The maximum Gasteiger partial charge on any atom is 0.220 e. The molecule has 0 bridgehead atoms. The number of carbonyl (C=O) groups excluding carboxylic acids is 5. The van der Waals surface area contributed by atoms with Crippen LogP contribution in [0.2, 0.25) is 0 Å². The van der Waals surface area contributed by atoms with Crippen molar-refractivity contribution in [3.63, 3.8) is 0 Å². The van der Waals surface area contributed by atoms with Crippen molar-refractivity contribution in [3.05, 3.63) is 51.6 Å². The van der Waals surface area contributed by atoms with E-state index in [1.54, 1.807) is 6.92 Å². The lowest BCUT2D eigenvalue weighted by Crippen LogP contribution is -2.55. The number of nitrogens with one attached hydrogen (secondary N) is 2. The number of phenols is 2. The SMILES string of the molecule is COc1cccc2c1C(=O)c1c(O)c3c(c(O)c1C2=O)CC(C(=O)CO)CC3O[C@H]1CC(NC(=O)CCC(=O)NCCOCCOCCOCCOCCOCCS)C(O)[C@H](C)O1. The highest BCUT2D eigenvalue weighted by atomic mass is 32.1. The predicted molar refractivity (Wildman–Crippen MR) is 224 cm³/mol. The average Bonchev–Trinajstić information content (AvgIpc) is 3.27. The molecule has 0 spiro atoms. The number of ketones is 3. The molecular weight excluding hydrogens is 849 g/mol. The molecule has 0 radical (unpaired) electrons. The van der Waals surface area contributed by atoms with Crippen molar-refractivity contribution in [3.8, 4) is 17.2 Å². The zero-order chi connectivity index (χ0) is 45.5. The number of phenolic OH excluding ortho intramolecular Hbond substituents is 2. The first-order chi connectivity index (χ1) is 30.4. The van der Waals surface area contributed by atoms with Crippen molar-refractivity contribution in [1.29, 1.82) is 0 Å². The van der Waals surface area contributed by atoms with Crippen LogP contribution in [0.25, 0.3) is 0 Å². The molecule has 1 heterocycles. The van der Waals surface area contributed by atoms with Gasteiger partial charge in [-0.1, -0.05) is 12.1 Å². The van der Waals surface area contributed by atoms with Gasteiger partial charge in [0.1, 0.15) is 30.0 Å². The minimum atomic E-state index is -1.22. The zero-order valence-electron chi connectivity index (χ0n) is 35.5. The number of carbonyl (C=O) groups is 5. The molecule has 63 heavy (non-hydrogen) atoms. The van der Waals surface area contributed by atoms with Crippen molar-refractivity contribution >= 4 is 41.8 Å². The number of hydrogen-bond donors (Lipinski definition) is 7. The molecule has 2 aliphatic carbocycles. The molecule has 1 aliphatic heterocycles. The standard InChI is InChI=1S/C43H58N2O17S/c1-24-39(50)28(45-33(49)7-6-32(48)44-8-9-56-10-11-57-12-13-58-14-15-59-16-17-60-18-19-63)22-34(61-24)62-31-21-25(29(47)23-46)20-27-36(31)43(54)38-37(41(27)52)40(51)26-4-3-5-30(55-2)35(26)42(38)53/h3-5,24-25,28,31,34,39,46,50,52,54,63H,6-23H2,1-2H3,(H,44,48)(H,45,49)/t24-,25?,28?,31?,34-,39?/m0/s1. The van der Waals surface area contributed by atoms with Crippen LogP contribution in [0.3, 0.4) is 0 Å². The summed E-state index contributed by atoms with van der Waals surface area (Å²) in [6, 6.07) is 3.50. The van der Waals surface area contributed by atoms with Gasteiger partial charge in [0, 0.05) is 54.2 Å². The van der Waals surface area contributed by atoms with Crippen LogP contribution in [0.4, 0.5) is 0 Å². The maximum absolute atomic E-state index is 13.9. The Balaban J connectivity index is 1.09. The Morgan fingerprint density at radius 3 is 2.03 bits per heavy atom. The van der Waals surface area contributed by atoms with Crippen molar-refractivity contribution < 1.29 is 82.3 Å². The second-order valence-electron chi connectivity index (χ2n) is 15.1. The van der Waals surface area contributed by atoms with E-state index < -0.39 is 89.1 Å². The highest BCUT2D eigenvalue weighted by Crippen LogP contribution is 2.51. The van der Waals surface area contributed by atoms with E-state index >= 15 is 0 Å². The van der Waals surface area contributed by atoms with E-state index in [1.807, 2.05) is 0 Å². The number of benzene rings is 2. The molecule has 2 aromatic carbocycles. The summed E-state index contributed by atoms with van der Waals surface area (Å²) in [7, 11) is 1.33. The Labute approximate surface area is 370 Å². The molecule has 6 N–H and O–H groups in total. The predicted octanol–water partition coefficient (Wildman–Crippen LogP) is 0.953. The van der Waals surface area contributed by atoms with Gasteiger partial charge >= 0.3 is 0 Å². The lowest BCUT2D eigenvalue weighted by Gasteiger charge is -2.41. The van der Waals surface area contributed by atoms with E-state index in [2.05, 4.69) is 23.3 Å². The average molecular weight is 907 g/mol. The van der Waals surface area contributed by atoms with Gasteiger partial charge in [-0.25, -0.2) is 0 Å². The lowest BCUT2D eigenvalue weighted by molar-refractivity contribution is -0.245. The summed E-state index contributed by atoms with van der Waals surface area (Å²) in [5.74, 6) is -4.38. The molecule has 2 amide bonds. The number of amides is 2. The van der Waals surface area contributed by atoms with Crippen molar-refractivity contribution in [2.75, 3.05) is 92.1 Å². The topological polar surface area (TPSA) is 264 Å². The third kappa shape index (κ3) is 13.0. The van der Waals surface area contributed by atoms with Gasteiger partial charge in [0.2, 0.25) is 17.6 Å². The molecule has 4 unspecified atom stereocenters. The highest BCUT2D eigenvalue weighted by molar-refractivity contribution is 7.80. The number of Topliss-reactive ketones (excluding diaryl/α,β-unsaturated/α-hetero) is 1. The number of rotatable bonds is 26. The molecule has 5 rings (SSSR count). The van der Waals surface area contributed by atoms with Crippen LogP contribution in [-0.2, 0) is 54.0 Å². The smallest absolute Gasteiger partial charge is 0.220 e. The van der Waals surface area contributed by atoms with E-state index in [9.17, 15) is 44.4 Å². The number of aromatic hydroxyl groups is 2. The van der Waals surface area contributed by atoms with Gasteiger partial charge in [-0.3, -0.25) is 24.0 Å². The second kappa shape index (κ2) is 24.7. The molecule has 0 aromatic heterocycles. The number of aliphatic hydroxyl groups excluding tert-OH is 2. The van der Waals surface area contributed by atoms with E-state index in [1.165, 1.54) is 25.3 Å². The third-order valence-electron chi connectivity index (χ3n) is 10.9. The van der Waals surface area contributed by atoms with Crippen molar-refractivity contribution in [2.24, 2.45) is 5.92 Å². The summed E-state index contributed by atoms with van der Waals surface area (Å²) >= 11 is 4.06. The zero-order valence-corrected chi connectivity index (χ0v) is 36.4. The minimum Gasteiger partial charge on any atom is -0.507 e. The van der Waals surface area contributed by atoms with Crippen LogP contribution in [0.1, 0.15) is 81.7 Å². The summed E-state index contributed by atoms with van der Waals surface area (Å²) in [5.41, 5.74) is -1.05. The molecule has 20 heteroatoms. The Hall–Kier alpha value is -4.22. The van der Waals surface area contributed by atoms with Gasteiger partial charge < -0.3 is 69.0 Å². The summed E-state index contributed by atoms with van der Waals surface area (Å²) < 4.78 is 44.6. The number of hydrogen-bond acceptors (Lipinski definition) is 18. The molecule has 3 aliphatic rings. The summed E-state index contributed by atoms with van der Waals surface area (Å²) in [6.07, 6.45) is -5.15. The molecule has 0 saturated carbocycles. The Bertz CT molecular complexity index is 1910. The van der Waals surface area contributed by atoms with Gasteiger partial charge in [-0.05, 0) is 25.8 Å². The number of fused-ring (bicyclic) bond motifs is 3. The lowest BCUT2D eigenvalue weighted by atomic mass is 9.73. The van der Waals surface area contributed by atoms with E-state index in [0.717, 1.165) is 0 Å². The molecule has 2 aromatic rings. The third-order valence-corrected chi connectivity index (χ3v) is 11.1. The number of methoxy groups -OCH3 is 1. The molecule has 1 fully saturated rings. The summed E-state index contributed by atoms with van der Waals surface area (Å²) in [6.45, 7) is 5.17. The van der Waals surface area contributed by atoms with Gasteiger partial charge in [0.05, 0.1) is 108 Å². The fourth-order valence-corrected chi connectivity index (χ4v) is 7.87. The van der Waals surface area contributed by atoms with Gasteiger partial charge in [0.15, 0.2) is 17.9 Å². The summed E-state index contributed by atoms with van der Waals surface area (Å²) in [5, 5.41) is 49.5. The quantitative estimate of drug-likeness (QED) is 0.0336. The van der Waals surface area contributed by atoms with Crippen molar-refractivity contribution in [2.45, 2.75) is 69.7 Å². The van der Waals surface area contributed by atoms with Crippen LogP contribution >= 0.6 is 12.6 Å². The first-order valence-corrected chi connectivity index (χ1v) is 21.6. The monoisotopic (exact) mass is 906 g/mol. The molecule has 348 valence electrons. The van der Waals surface area contributed by atoms with Crippen LogP contribution in [0, 0.1) is 5.92 Å². The van der Waals surface area contributed by atoms with E-state index in [0.29, 0.717) is 65.2 Å². The minimum absolute atomic E-state index is 0.00726. The fraction of sp³-hybridized carbons (Fsp3) is 0.605. The van der Waals surface area contributed by atoms with Crippen LogP contribution < -0.4 is 15.4 Å². The molecule has 6 atom stereocenters.